The quantitative estimate of drug-likeness (QED) is 0.787. The lowest BCUT2D eigenvalue weighted by Gasteiger charge is -2.04. The van der Waals surface area contributed by atoms with Gasteiger partial charge in [0.15, 0.2) is 0 Å². The lowest BCUT2D eigenvalue weighted by molar-refractivity contribution is -0.120. The maximum Gasteiger partial charge on any atom is 0.234 e. The molecule has 2 N–H and O–H groups in total. The van der Waals surface area contributed by atoms with Crippen LogP contribution in [-0.4, -0.2) is 19.5 Å². The molecule has 0 radical (unpaired) electrons. The van der Waals surface area contributed by atoms with E-state index in [1.54, 1.807) is 13.1 Å². The van der Waals surface area contributed by atoms with E-state index in [4.69, 9.17) is 11.6 Å². The molecule has 0 atom stereocenters. The minimum absolute atomic E-state index is 0.0209. The Morgan fingerprint density at radius 2 is 2.29 bits per heavy atom. The highest BCUT2D eigenvalue weighted by Gasteiger charge is 1.98. The van der Waals surface area contributed by atoms with E-state index in [1.165, 1.54) is 0 Å². The van der Waals surface area contributed by atoms with Crippen molar-refractivity contribution in [3.05, 3.63) is 34.9 Å². The lowest BCUT2D eigenvalue weighted by atomic mass is 10.2. The maximum atomic E-state index is 11.1. The summed E-state index contributed by atoms with van der Waals surface area (Å²) < 4.78 is 0. The molecule has 14 heavy (non-hydrogen) atoms. The first-order valence-electron chi connectivity index (χ1n) is 4.38. The van der Waals surface area contributed by atoms with Gasteiger partial charge in [0.1, 0.15) is 0 Å². The van der Waals surface area contributed by atoms with Crippen LogP contribution in [0.1, 0.15) is 5.56 Å². The lowest BCUT2D eigenvalue weighted by Crippen LogP contribution is -2.31. The average molecular weight is 213 g/mol. The van der Waals surface area contributed by atoms with E-state index >= 15 is 0 Å². The summed E-state index contributed by atoms with van der Waals surface area (Å²) in [5, 5.41) is 6.23. The summed E-state index contributed by atoms with van der Waals surface area (Å²) in [4.78, 5) is 11.1. The summed E-state index contributed by atoms with van der Waals surface area (Å²) in [5.41, 5.74) is 1.00. The zero-order chi connectivity index (χ0) is 10.4. The molecule has 0 spiro atoms. The minimum atomic E-state index is -0.0209. The summed E-state index contributed by atoms with van der Waals surface area (Å²) in [7, 11) is 1.74. The predicted molar refractivity (Wildman–Crippen MR) is 57.2 cm³/mol. The van der Waals surface area contributed by atoms with Crippen molar-refractivity contribution in [1.29, 1.82) is 0 Å². The second-order valence-electron chi connectivity index (χ2n) is 2.94. The van der Waals surface area contributed by atoms with Gasteiger partial charge >= 0.3 is 0 Å². The Morgan fingerprint density at radius 1 is 1.50 bits per heavy atom. The van der Waals surface area contributed by atoms with Crippen LogP contribution in [0.4, 0.5) is 0 Å². The Labute approximate surface area is 88.5 Å². The zero-order valence-electron chi connectivity index (χ0n) is 8.01. The summed E-state index contributed by atoms with van der Waals surface area (Å²) in [5.74, 6) is -0.0209. The molecule has 1 rings (SSSR count). The second kappa shape index (κ2) is 5.62. The van der Waals surface area contributed by atoms with Gasteiger partial charge in [-0.3, -0.25) is 4.79 Å². The van der Waals surface area contributed by atoms with E-state index in [0.29, 0.717) is 18.1 Å². The number of carbonyl (C=O) groups excluding carboxylic acids is 1. The number of carbonyl (C=O) groups is 1. The Bertz CT molecular complexity index is 315. The molecule has 0 fully saturated rings. The first-order valence-corrected chi connectivity index (χ1v) is 4.76. The summed E-state index contributed by atoms with van der Waals surface area (Å²) >= 11 is 5.80. The van der Waals surface area contributed by atoms with Crippen molar-refractivity contribution in [1.82, 2.24) is 10.6 Å². The number of nitrogens with one attached hydrogen (secondary N) is 2. The van der Waals surface area contributed by atoms with Gasteiger partial charge < -0.3 is 10.6 Å². The molecule has 1 aromatic carbocycles. The number of amides is 1. The fourth-order valence-corrected chi connectivity index (χ4v) is 1.28. The SMILES string of the molecule is CNCC(=O)NCc1cccc(Cl)c1. The number of benzene rings is 1. The molecule has 0 aliphatic rings. The molecule has 0 aromatic heterocycles. The monoisotopic (exact) mass is 212 g/mol. The van der Waals surface area contributed by atoms with E-state index in [9.17, 15) is 4.79 Å². The van der Waals surface area contributed by atoms with Crippen molar-refractivity contribution < 1.29 is 4.79 Å². The van der Waals surface area contributed by atoms with E-state index in [1.807, 2.05) is 18.2 Å². The molecule has 3 nitrogen and oxygen atoms in total. The third-order valence-corrected chi connectivity index (χ3v) is 1.95. The van der Waals surface area contributed by atoms with Crippen LogP contribution in [0.15, 0.2) is 24.3 Å². The Morgan fingerprint density at radius 3 is 2.93 bits per heavy atom. The van der Waals surface area contributed by atoms with Crippen molar-refractivity contribution in [3.8, 4) is 0 Å². The molecule has 76 valence electrons. The van der Waals surface area contributed by atoms with Gasteiger partial charge in [0.2, 0.25) is 5.91 Å². The first-order chi connectivity index (χ1) is 6.72. The first kappa shape index (κ1) is 11.0. The predicted octanol–water partition coefficient (Wildman–Crippen LogP) is 1.18. The van der Waals surface area contributed by atoms with E-state index in [0.717, 1.165) is 5.56 Å². The summed E-state index contributed by atoms with van der Waals surface area (Å²) in [6.07, 6.45) is 0. The van der Waals surface area contributed by atoms with Gasteiger partial charge in [0, 0.05) is 11.6 Å². The Balaban J connectivity index is 2.41. The normalized spacial score (nSPS) is 9.86. The molecular weight excluding hydrogens is 200 g/mol. The van der Waals surface area contributed by atoms with Gasteiger partial charge in [-0.05, 0) is 24.7 Å². The molecular formula is C10H13ClN2O. The van der Waals surface area contributed by atoms with Gasteiger partial charge in [-0.25, -0.2) is 0 Å². The van der Waals surface area contributed by atoms with Gasteiger partial charge in [-0.1, -0.05) is 23.7 Å². The van der Waals surface area contributed by atoms with Crippen LogP contribution < -0.4 is 10.6 Å². The van der Waals surface area contributed by atoms with Crippen LogP contribution in [0.25, 0.3) is 0 Å². The molecule has 1 amide bonds. The smallest absolute Gasteiger partial charge is 0.234 e. The van der Waals surface area contributed by atoms with Gasteiger partial charge in [0.25, 0.3) is 0 Å². The van der Waals surface area contributed by atoms with Crippen molar-refractivity contribution in [3.63, 3.8) is 0 Å². The highest BCUT2D eigenvalue weighted by molar-refractivity contribution is 6.30. The third-order valence-electron chi connectivity index (χ3n) is 1.72. The maximum absolute atomic E-state index is 11.1. The third kappa shape index (κ3) is 3.77. The van der Waals surface area contributed by atoms with Crippen LogP contribution in [0.2, 0.25) is 5.02 Å². The van der Waals surface area contributed by atoms with Gasteiger partial charge in [0.05, 0.1) is 6.54 Å². The van der Waals surface area contributed by atoms with E-state index < -0.39 is 0 Å². The number of hydrogen-bond donors (Lipinski definition) is 2. The molecule has 0 aliphatic heterocycles. The second-order valence-corrected chi connectivity index (χ2v) is 3.37. The minimum Gasteiger partial charge on any atom is -0.351 e. The van der Waals surface area contributed by atoms with Crippen molar-refractivity contribution in [2.45, 2.75) is 6.54 Å². The van der Waals surface area contributed by atoms with Crippen LogP contribution in [0.3, 0.4) is 0 Å². The Kier molecular flexibility index (Phi) is 4.43. The number of halogens is 1. The molecule has 4 heteroatoms. The molecule has 0 unspecified atom stereocenters. The molecule has 0 aliphatic carbocycles. The average Bonchev–Trinajstić information content (AvgIpc) is 2.15. The van der Waals surface area contributed by atoms with Crippen molar-refractivity contribution in [2.24, 2.45) is 0 Å². The summed E-state index contributed by atoms with van der Waals surface area (Å²) in [6, 6.07) is 7.43. The van der Waals surface area contributed by atoms with Crippen molar-refractivity contribution in [2.75, 3.05) is 13.6 Å². The number of hydrogen-bond acceptors (Lipinski definition) is 2. The molecule has 0 bridgehead atoms. The Hall–Kier alpha value is -1.06. The molecule has 0 saturated carbocycles. The number of rotatable bonds is 4. The van der Waals surface area contributed by atoms with Crippen LogP contribution in [0, 0.1) is 0 Å². The van der Waals surface area contributed by atoms with E-state index in [-0.39, 0.29) is 5.91 Å². The molecule has 1 aromatic rings. The fraction of sp³-hybridized carbons (Fsp3) is 0.300. The van der Waals surface area contributed by atoms with Crippen molar-refractivity contribution >= 4 is 17.5 Å². The zero-order valence-corrected chi connectivity index (χ0v) is 8.77. The summed E-state index contributed by atoms with van der Waals surface area (Å²) in [6.45, 7) is 0.849. The van der Waals surface area contributed by atoms with E-state index in [2.05, 4.69) is 10.6 Å². The molecule has 0 saturated heterocycles. The highest BCUT2D eigenvalue weighted by atomic mass is 35.5. The van der Waals surface area contributed by atoms with Gasteiger partial charge in [-0.15, -0.1) is 0 Å². The standard InChI is InChI=1S/C10H13ClN2O/c1-12-7-10(14)13-6-8-3-2-4-9(11)5-8/h2-5,12H,6-7H2,1H3,(H,13,14). The van der Waals surface area contributed by atoms with Crippen LogP contribution >= 0.6 is 11.6 Å². The van der Waals surface area contributed by atoms with Gasteiger partial charge in [-0.2, -0.15) is 0 Å². The topological polar surface area (TPSA) is 41.1 Å². The highest BCUT2D eigenvalue weighted by Crippen LogP contribution is 2.09. The molecule has 0 heterocycles. The van der Waals surface area contributed by atoms with Crippen LogP contribution in [-0.2, 0) is 11.3 Å². The van der Waals surface area contributed by atoms with Crippen LogP contribution in [0.5, 0.6) is 0 Å². The largest absolute Gasteiger partial charge is 0.351 e. The fourth-order valence-electron chi connectivity index (χ4n) is 1.07. The number of likely N-dealkylation sites (N-methyl/N-ethyl adjacent to an activating group) is 1.